The molecule has 12 nitrogen and oxygen atoms in total. The van der Waals surface area contributed by atoms with Crippen LogP contribution in [-0.2, 0) is 22.7 Å². The first-order valence-electron chi connectivity index (χ1n) is 18.4. The third kappa shape index (κ3) is 6.93. The summed E-state index contributed by atoms with van der Waals surface area (Å²) in [6.07, 6.45) is 9.53. The largest absolute Gasteiger partial charge is 0.352 e. The van der Waals surface area contributed by atoms with Crippen molar-refractivity contribution >= 4 is 23.1 Å². The van der Waals surface area contributed by atoms with Crippen molar-refractivity contribution in [1.29, 1.82) is 0 Å². The van der Waals surface area contributed by atoms with E-state index in [1.807, 2.05) is 24.3 Å². The molecule has 0 bridgehead atoms. The van der Waals surface area contributed by atoms with Crippen LogP contribution in [0.2, 0.25) is 0 Å². The molecule has 2 aliphatic heterocycles. The highest BCUT2D eigenvalue weighted by Gasteiger charge is 2.21. The third-order valence-electron chi connectivity index (χ3n) is 10.7. The molecule has 54 heavy (non-hydrogen) atoms. The Kier molecular flexibility index (Phi) is 9.61. The van der Waals surface area contributed by atoms with Crippen molar-refractivity contribution < 1.29 is 9.59 Å². The summed E-state index contributed by atoms with van der Waals surface area (Å²) in [5.74, 6) is 0.142. The molecule has 4 N–H and O–H groups in total. The van der Waals surface area contributed by atoms with Gasteiger partial charge in [0, 0.05) is 87.0 Å². The molecule has 2 saturated heterocycles. The fourth-order valence-electron chi connectivity index (χ4n) is 7.71. The van der Waals surface area contributed by atoms with Crippen LogP contribution in [0, 0.1) is 13.8 Å². The van der Waals surface area contributed by atoms with E-state index < -0.39 is 0 Å². The number of aromatic nitrogens is 4. The molecule has 0 spiro atoms. The van der Waals surface area contributed by atoms with Crippen LogP contribution in [0.4, 0.5) is 0 Å². The minimum absolute atomic E-state index is 0.0711. The molecule has 2 fully saturated rings. The van der Waals surface area contributed by atoms with Gasteiger partial charge in [-0.3, -0.25) is 28.0 Å². The number of carbonyl (C=O) groups excluding carboxylic acids is 2. The maximum Gasteiger partial charge on any atom is 0.262 e. The topological polar surface area (TPSA) is 151 Å². The van der Waals surface area contributed by atoms with Gasteiger partial charge in [0.05, 0.1) is 0 Å². The predicted molar refractivity (Wildman–Crippen MR) is 208 cm³/mol. The lowest BCUT2D eigenvalue weighted by Gasteiger charge is -2.17. The van der Waals surface area contributed by atoms with Crippen LogP contribution in [0.3, 0.4) is 0 Å². The summed E-state index contributed by atoms with van der Waals surface area (Å²) in [7, 11) is 0. The maximum absolute atomic E-state index is 13.3. The van der Waals surface area contributed by atoms with Crippen LogP contribution >= 0.6 is 0 Å². The Bertz CT molecular complexity index is 2380. The van der Waals surface area contributed by atoms with E-state index in [0.717, 1.165) is 57.3 Å². The first kappa shape index (κ1) is 35.1. The Morgan fingerprint density at radius 3 is 1.46 bits per heavy atom. The van der Waals surface area contributed by atoms with E-state index in [-0.39, 0.29) is 35.0 Å². The molecule has 2 aliphatic rings. The first-order chi connectivity index (χ1) is 26.2. The number of pyridine rings is 2. The maximum atomic E-state index is 13.3. The second-order valence-corrected chi connectivity index (χ2v) is 14.3. The summed E-state index contributed by atoms with van der Waals surface area (Å²) in [6, 6.07) is 20.5. The molecular formula is C42H42N8O4. The molecule has 0 radical (unpaired) electrons. The predicted octanol–water partition coefficient (Wildman–Crippen LogP) is 4.06. The van der Waals surface area contributed by atoms with E-state index in [9.17, 15) is 19.2 Å². The number of hydrogen-bond acceptors (Lipinski definition) is 8. The van der Waals surface area contributed by atoms with Crippen molar-refractivity contribution in [1.82, 2.24) is 40.0 Å². The first-order valence-corrected chi connectivity index (χ1v) is 18.4. The summed E-state index contributed by atoms with van der Waals surface area (Å²) in [4.78, 5) is 58.9. The Hall–Kier alpha value is -5.98. The van der Waals surface area contributed by atoms with Gasteiger partial charge in [-0.05, 0) is 95.5 Å². The highest BCUT2D eigenvalue weighted by molar-refractivity contribution is 5.84. The van der Waals surface area contributed by atoms with Crippen molar-refractivity contribution in [3.8, 4) is 33.4 Å². The van der Waals surface area contributed by atoms with Crippen LogP contribution in [0.5, 0.6) is 0 Å². The monoisotopic (exact) mass is 722 g/mol. The van der Waals surface area contributed by atoms with Gasteiger partial charge in [0.25, 0.3) is 11.1 Å². The lowest BCUT2D eigenvalue weighted by molar-refractivity contribution is -0.120. The number of fused-ring (bicyclic) bond motifs is 2. The lowest BCUT2D eigenvalue weighted by Crippen LogP contribution is -2.36. The molecule has 8 rings (SSSR count). The van der Waals surface area contributed by atoms with E-state index >= 15 is 0 Å². The minimum atomic E-state index is -0.120. The Morgan fingerprint density at radius 2 is 1.06 bits per heavy atom. The number of carbonyl (C=O) groups is 2. The molecular weight excluding hydrogens is 681 g/mol. The van der Waals surface area contributed by atoms with Gasteiger partial charge in [-0.2, -0.15) is 0 Å². The van der Waals surface area contributed by atoms with E-state index in [1.165, 1.54) is 0 Å². The molecule has 4 aromatic heterocycles. The molecule has 0 unspecified atom stereocenters. The average Bonchev–Trinajstić information content (AvgIpc) is 3.80. The lowest BCUT2D eigenvalue weighted by atomic mass is 9.88. The van der Waals surface area contributed by atoms with Crippen molar-refractivity contribution in [2.75, 3.05) is 13.1 Å². The Morgan fingerprint density at radius 1 is 0.630 bits per heavy atom. The van der Waals surface area contributed by atoms with E-state index in [2.05, 4.69) is 81.5 Å². The average molecular weight is 723 g/mol. The van der Waals surface area contributed by atoms with Crippen molar-refractivity contribution in [3.63, 3.8) is 0 Å². The quantitative estimate of drug-likeness (QED) is 0.157. The van der Waals surface area contributed by atoms with Crippen LogP contribution in [0.25, 0.3) is 44.7 Å². The molecule has 0 saturated carbocycles. The molecule has 2 aromatic carbocycles. The van der Waals surface area contributed by atoms with Crippen molar-refractivity contribution in [2.45, 2.75) is 64.7 Å². The van der Waals surface area contributed by atoms with E-state index in [4.69, 9.17) is 0 Å². The fourth-order valence-corrected chi connectivity index (χ4v) is 7.71. The van der Waals surface area contributed by atoms with Gasteiger partial charge in [0.1, 0.15) is 11.3 Å². The summed E-state index contributed by atoms with van der Waals surface area (Å²) in [5, 5.41) is 12.4. The molecule has 12 heteroatoms. The number of nitrogens with one attached hydrogen (secondary N) is 4. The standard InChI is InChI=1S/C42H42N8O4/c1-25-33(27-13-15-49-37(17-27)45-21-29(41(49)53)19-43-23-31-9-11-39(51)47-31)5-3-7-35(25)36-8-4-6-34(26(36)2)28-14-16-50-38(18-28)46-22-30(42(50)54)20-44-24-32-10-12-40(52)48-32/h3-8,13-18,21-22,31-32,43-44H,9-12,19-20,23-24H2,1-2H3,(H,47,51)(H,48,52)/t31-,32+. The zero-order chi connectivity index (χ0) is 37.3. The Balaban J connectivity index is 1.02. The molecule has 0 aliphatic carbocycles. The smallest absolute Gasteiger partial charge is 0.262 e. The minimum Gasteiger partial charge on any atom is -0.352 e. The zero-order valence-corrected chi connectivity index (χ0v) is 30.3. The molecule has 2 amide bonds. The second-order valence-electron chi connectivity index (χ2n) is 14.3. The SMILES string of the molecule is Cc1c(-c2ccn3c(=O)c(CNC[C@H]4CCC(=O)N4)cnc3c2)cccc1-c1cccc(-c2ccn3c(=O)c(CNC[C@@H]4CCC(=O)N4)cnc3c2)c1C. The van der Waals surface area contributed by atoms with Gasteiger partial charge in [-0.25, -0.2) is 9.97 Å². The number of nitrogens with zero attached hydrogens (tertiary/aromatic N) is 4. The van der Waals surface area contributed by atoms with Crippen molar-refractivity contribution in [2.24, 2.45) is 0 Å². The fraction of sp³-hybridized carbons (Fsp3) is 0.286. The van der Waals surface area contributed by atoms with Gasteiger partial charge < -0.3 is 21.3 Å². The third-order valence-corrected chi connectivity index (χ3v) is 10.7. The normalized spacial score (nSPS) is 17.0. The number of rotatable bonds is 11. The number of hydrogen-bond donors (Lipinski definition) is 4. The molecule has 6 heterocycles. The number of benzene rings is 2. The zero-order valence-electron chi connectivity index (χ0n) is 30.3. The van der Waals surface area contributed by atoms with Gasteiger partial charge >= 0.3 is 0 Å². The van der Waals surface area contributed by atoms with Gasteiger partial charge in [-0.1, -0.05) is 36.4 Å². The molecule has 2 atom stereocenters. The van der Waals surface area contributed by atoms with E-state index in [0.29, 0.717) is 61.4 Å². The van der Waals surface area contributed by atoms with Crippen molar-refractivity contribution in [3.05, 3.63) is 128 Å². The van der Waals surface area contributed by atoms with Crippen LogP contribution in [-0.4, -0.2) is 55.8 Å². The summed E-state index contributed by atoms with van der Waals surface area (Å²) in [5.41, 5.74) is 10.5. The Labute approximate surface area is 311 Å². The summed E-state index contributed by atoms with van der Waals surface area (Å²) in [6.45, 7) is 6.19. The second kappa shape index (κ2) is 14.8. The van der Waals surface area contributed by atoms with E-state index in [1.54, 1.807) is 33.6 Å². The van der Waals surface area contributed by atoms with Crippen LogP contribution in [0.15, 0.2) is 95.0 Å². The van der Waals surface area contributed by atoms with Gasteiger partial charge in [-0.15, -0.1) is 0 Å². The van der Waals surface area contributed by atoms with Crippen LogP contribution in [0.1, 0.15) is 47.9 Å². The summed E-state index contributed by atoms with van der Waals surface area (Å²) < 4.78 is 3.15. The number of amides is 2. The molecule has 274 valence electrons. The highest BCUT2D eigenvalue weighted by Crippen LogP contribution is 2.37. The summed E-state index contributed by atoms with van der Waals surface area (Å²) >= 11 is 0. The molecule has 6 aromatic rings. The van der Waals surface area contributed by atoms with Crippen LogP contribution < -0.4 is 32.4 Å². The highest BCUT2D eigenvalue weighted by atomic mass is 16.2. The van der Waals surface area contributed by atoms with Gasteiger partial charge in [0.15, 0.2) is 0 Å². The van der Waals surface area contributed by atoms with Gasteiger partial charge in [0.2, 0.25) is 11.8 Å².